The second kappa shape index (κ2) is 4.09. The number of ketones is 1. The summed E-state index contributed by atoms with van der Waals surface area (Å²) in [4.78, 5) is 11.6. The van der Waals surface area contributed by atoms with Gasteiger partial charge in [0.1, 0.15) is 0 Å². The first-order chi connectivity index (χ1) is 6.38. The van der Waals surface area contributed by atoms with Gasteiger partial charge in [0.05, 0.1) is 11.8 Å². The van der Waals surface area contributed by atoms with Crippen LogP contribution < -0.4 is 0 Å². The van der Waals surface area contributed by atoms with E-state index >= 15 is 0 Å². The second-order valence-electron chi connectivity index (χ2n) is 2.79. The molecule has 0 amide bonds. The number of hydrogen-bond acceptors (Lipinski definition) is 2. The fourth-order valence-electron chi connectivity index (χ4n) is 1.14. The number of carbonyl (C=O) groups excluding carboxylic acids is 1. The lowest BCUT2D eigenvalue weighted by molar-refractivity contribution is 0.0995. The lowest BCUT2D eigenvalue weighted by Crippen LogP contribution is -2.19. The van der Waals surface area contributed by atoms with E-state index in [4.69, 9.17) is 34.8 Å². The zero-order chi connectivity index (χ0) is 10.9. The van der Waals surface area contributed by atoms with Gasteiger partial charge >= 0.3 is 0 Å². The summed E-state index contributed by atoms with van der Waals surface area (Å²) in [5, 5.41) is 3.99. The van der Waals surface area contributed by atoms with Gasteiger partial charge in [-0.05, 0) is 13.8 Å². The third-order valence-electron chi connectivity index (χ3n) is 1.90. The van der Waals surface area contributed by atoms with Crippen LogP contribution in [0.3, 0.4) is 0 Å². The molecular formula is C8H9Cl3N2O. The first-order valence-electron chi connectivity index (χ1n) is 4.01. The summed E-state index contributed by atoms with van der Waals surface area (Å²) in [5.41, 5.74) is 1.07. The topological polar surface area (TPSA) is 34.9 Å². The molecule has 0 aromatic carbocycles. The Morgan fingerprint density at radius 3 is 2.50 bits per heavy atom. The highest BCUT2D eigenvalue weighted by Gasteiger charge is 2.33. The van der Waals surface area contributed by atoms with Crippen molar-refractivity contribution in [1.29, 1.82) is 0 Å². The van der Waals surface area contributed by atoms with Crippen molar-refractivity contribution < 1.29 is 4.79 Å². The van der Waals surface area contributed by atoms with Crippen LogP contribution in [0.25, 0.3) is 0 Å². The van der Waals surface area contributed by atoms with Gasteiger partial charge in [0.25, 0.3) is 3.79 Å². The maximum Gasteiger partial charge on any atom is 0.253 e. The summed E-state index contributed by atoms with van der Waals surface area (Å²) in [6.07, 6.45) is 1.42. The molecular weight excluding hydrogens is 246 g/mol. The molecule has 6 heteroatoms. The average Bonchev–Trinajstić information content (AvgIpc) is 2.43. The van der Waals surface area contributed by atoms with Crippen LogP contribution in [0.2, 0.25) is 0 Å². The average molecular weight is 256 g/mol. The summed E-state index contributed by atoms with van der Waals surface area (Å²) in [6, 6.07) is 0. The number of aromatic nitrogens is 2. The van der Waals surface area contributed by atoms with Crippen LogP contribution in [0, 0.1) is 6.92 Å². The minimum atomic E-state index is -1.91. The molecule has 1 rings (SSSR count). The Bertz CT molecular complexity index is 354. The van der Waals surface area contributed by atoms with Gasteiger partial charge in [0.2, 0.25) is 5.78 Å². The Kier molecular flexibility index (Phi) is 3.45. The molecule has 0 N–H and O–H groups in total. The SMILES string of the molecule is CCn1ncc(C(=O)C(Cl)(Cl)Cl)c1C. The number of halogens is 3. The normalized spacial score (nSPS) is 11.8. The van der Waals surface area contributed by atoms with Crippen molar-refractivity contribution in [1.82, 2.24) is 9.78 Å². The van der Waals surface area contributed by atoms with E-state index in [-0.39, 0.29) is 0 Å². The molecule has 0 spiro atoms. The van der Waals surface area contributed by atoms with Gasteiger partial charge in [0.15, 0.2) is 0 Å². The van der Waals surface area contributed by atoms with Gasteiger partial charge in [-0.15, -0.1) is 0 Å². The van der Waals surface area contributed by atoms with E-state index in [0.717, 1.165) is 0 Å². The fraction of sp³-hybridized carbons (Fsp3) is 0.500. The zero-order valence-corrected chi connectivity index (χ0v) is 9.99. The van der Waals surface area contributed by atoms with Crippen molar-refractivity contribution in [3.63, 3.8) is 0 Å². The van der Waals surface area contributed by atoms with Crippen molar-refractivity contribution in [3.05, 3.63) is 17.5 Å². The van der Waals surface area contributed by atoms with Gasteiger partial charge in [0, 0.05) is 12.2 Å². The van der Waals surface area contributed by atoms with E-state index in [1.54, 1.807) is 11.6 Å². The van der Waals surface area contributed by atoms with E-state index < -0.39 is 9.58 Å². The van der Waals surface area contributed by atoms with Crippen molar-refractivity contribution in [2.75, 3.05) is 0 Å². The Morgan fingerprint density at radius 2 is 2.14 bits per heavy atom. The Balaban J connectivity index is 3.09. The molecule has 1 heterocycles. The first-order valence-corrected chi connectivity index (χ1v) is 5.15. The number of alkyl halides is 3. The Hall–Kier alpha value is -0.250. The number of nitrogens with zero attached hydrogens (tertiary/aromatic N) is 2. The van der Waals surface area contributed by atoms with Crippen LogP contribution in [0.15, 0.2) is 6.20 Å². The molecule has 0 saturated heterocycles. The summed E-state index contributed by atoms with van der Waals surface area (Å²) < 4.78 is -0.240. The molecule has 0 fully saturated rings. The predicted octanol–water partition coefficient (Wildman–Crippen LogP) is 2.76. The summed E-state index contributed by atoms with van der Waals surface area (Å²) in [6.45, 7) is 4.36. The molecule has 0 aliphatic carbocycles. The number of rotatable bonds is 2. The third kappa shape index (κ3) is 2.22. The molecule has 14 heavy (non-hydrogen) atoms. The molecule has 3 nitrogen and oxygen atoms in total. The van der Waals surface area contributed by atoms with Gasteiger partial charge in [-0.1, -0.05) is 34.8 Å². The van der Waals surface area contributed by atoms with Gasteiger partial charge in [-0.2, -0.15) is 5.10 Å². The van der Waals surface area contributed by atoms with Crippen LogP contribution in [0.1, 0.15) is 23.0 Å². The lowest BCUT2D eigenvalue weighted by atomic mass is 10.2. The minimum Gasteiger partial charge on any atom is -0.289 e. The van der Waals surface area contributed by atoms with Crippen LogP contribution in [-0.2, 0) is 6.54 Å². The number of Topliss-reactive ketones (excluding diaryl/α,β-unsaturated/α-hetero) is 1. The summed E-state index contributed by atoms with van der Waals surface area (Å²) in [5.74, 6) is -0.542. The Labute approximate surface area is 96.9 Å². The zero-order valence-electron chi connectivity index (χ0n) is 7.72. The molecule has 0 saturated carbocycles. The van der Waals surface area contributed by atoms with Crippen LogP contribution in [0.4, 0.5) is 0 Å². The highest BCUT2D eigenvalue weighted by atomic mass is 35.6. The van der Waals surface area contributed by atoms with E-state index in [1.807, 2.05) is 6.92 Å². The minimum absolute atomic E-state index is 0.354. The second-order valence-corrected chi connectivity index (χ2v) is 5.07. The fourth-order valence-corrected chi connectivity index (χ4v) is 1.45. The van der Waals surface area contributed by atoms with Crippen molar-refractivity contribution in [3.8, 4) is 0 Å². The first kappa shape index (κ1) is 11.8. The number of carbonyl (C=O) groups is 1. The molecule has 0 atom stereocenters. The van der Waals surface area contributed by atoms with Crippen molar-refractivity contribution in [2.24, 2.45) is 0 Å². The monoisotopic (exact) mass is 254 g/mol. The molecule has 78 valence electrons. The molecule has 0 bridgehead atoms. The summed E-state index contributed by atoms with van der Waals surface area (Å²) >= 11 is 16.5. The van der Waals surface area contributed by atoms with Gasteiger partial charge in [-0.25, -0.2) is 0 Å². The largest absolute Gasteiger partial charge is 0.289 e. The lowest BCUT2D eigenvalue weighted by Gasteiger charge is -2.08. The van der Waals surface area contributed by atoms with E-state index in [0.29, 0.717) is 17.8 Å². The maximum atomic E-state index is 11.6. The molecule has 0 aliphatic heterocycles. The molecule has 1 aromatic heterocycles. The predicted molar refractivity (Wildman–Crippen MR) is 57.3 cm³/mol. The highest BCUT2D eigenvalue weighted by Crippen LogP contribution is 2.31. The molecule has 0 radical (unpaired) electrons. The number of hydrogen-bond donors (Lipinski definition) is 0. The quantitative estimate of drug-likeness (QED) is 0.602. The molecule has 1 aromatic rings. The van der Waals surface area contributed by atoms with Gasteiger partial charge < -0.3 is 0 Å². The van der Waals surface area contributed by atoms with E-state index in [1.165, 1.54) is 6.20 Å². The van der Waals surface area contributed by atoms with Crippen LogP contribution in [-0.4, -0.2) is 19.4 Å². The smallest absolute Gasteiger partial charge is 0.253 e. The van der Waals surface area contributed by atoms with Gasteiger partial charge in [-0.3, -0.25) is 9.48 Å². The molecule has 0 unspecified atom stereocenters. The van der Waals surface area contributed by atoms with Crippen molar-refractivity contribution in [2.45, 2.75) is 24.2 Å². The van der Waals surface area contributed by atoms with Crippen LogP contribution in [0.5, 0.6) is 0 Å². The third-order valence-corrected chi connectivity index (χ3v) is 2.42. The Morgan fingerprint density at radius 1 is 1.57 bits per heavy atom. The molecule has 0 aliphatic rings. The standard InChI is InChI=1S/C8H9Cl3N2O/c1-3-13-5(2)6(4-12-13)7(14)8(9,10)11/h4H,3H2,1-2H3. The maximum absolute atomic E-state index is 11.6. The van der Waals surface area contributed by atoms with Crippen molar-refractivity contribution >= 4 is 40.6 Å². The van der Waals surface area contributed by atoms with E-state index in [2.05, 4.69) is 5.10 Å². The van der Waals surface area contributed by atoms with E-state index in [9.17, 15) is 4.79 Å². The van der Waals surface area contributed by atoms with Crippen LogP contribution >= 0.6 is 34.8 Å². The highest BCUT2D eigenvalue weighted by molar-refractivity contribution is 6.77. The number of aryl methyl sites for hydroxylation is 1. The summed E-state index contributed by atoms with van der Waals surface area (Å²) in [7, 11) is 0.